The van der Waals surface area contributed by atoms with Gasteiger partial charge >= 0.3 is 17.7 Å². The van der Waals surface area contributed by atoms with Gasteiger partial charge in [0.2, 0.25) is 0 Å². The van der Waals surface area contributed by atoms with Crippen LogP contribution in [0.3, 0.4) is 0 Å². The maximum Gasteiger partial charge on any atom is 0.408 e. The minimum absolute atomic E-state index is 0.0342. The van der Waals surface area contributed by atoms with E-state index >= 15 is 0 Å². The molecule has 0 saturated carbocycles. The standard InChI is InChI=1S/C18H26ClN3O6/c1-5-6-7-11-8-12(19)15(22(26)27)13(9-11)20-10-14(16(23)24)21-17(25)28-18(2,3)4/h8-9,14,20H,5-7,10H2,1-4H3,(H,21,25)(H,23,24). The van der Waals surface area contributed by atoms with E-state index in [9.17, 15) is 24.8 Å². The fourth-order valence-corrected chi connectivity index (χ4v) is 2.67. The molecule has 1 amide bonds. The molecule has 156 valence electrons. The summed E-state index contributed by atoms with van der Waals surface area (Å²) < 4.78 is 5.04. The number of aliphatic carboxylic acids is 1. The summed E-state index contributed by atoms with van der Waals surface area (Å²) in [6, 6.07) is 1.76. The molecule has 1 unspecified atom stereocenters. The van der Waals surface area contributed by atoms with Gasteiger partial charge in [0.1, 0.15) is 22.4 Å². The number of nitrogens with zero attached hydrogens (tertiary/aromatic N) is 1. The molecule has 0 radical (unpaired) electrons. The predicted molar refractivity (Wildman–Crippen MR) is 106 cm³/mol. The van der Waals surface area contributed by atoms with Gasteiger partial charge in [-0.2, -0.15) is 0 Å². The van der Waals surface area contributed by atoms with Gasteiger partial charge in [-0.05, 0) is 51.3 Å². The highest BCUT2D eigenvalue weighted by Gasteiger charge is 2.26. The molecular weight excluding hydrogens is 390 g/mol. The van der Waals surface area contributed by atoms with E-state index in [-0.39, 0.29) is 22.9 Å². The number of rotatable bonds is 9. The van der Waals surface area contributed by atoms with E-state index in [2.05, 4.69) is 10.6 Å². The number of carboxylic acid groups (broad SMARTS) is 1. The van der Waals surface area contributed by atoms with Gasteiger partial charge in [0.05, 0.1) is 4.92 Å². The number of hydrogen-bond donors (Lipinski definition) is 3. The Balaban J connectivity index is 2.99. The molecule has 10 heteroatoms. The topological polar surface area (TPSA) is 131 Å². The molecular formula is C18H26ClN3O6. The number of carbonyl (C=O) groups excluding carboxylic acids is 1. The highest BCUT2D eigenvalue weighted by molar-refractivity contribution is 6.33. The van der Waals surface area contributed by atoms with Gasteiger partial charge in [-0.1, -0.05) is 24.9 Å². The van der Waals surface area contributed by atoms with Gasteiger partial charge in [-0.15, -0.1) is 0 Å². The van der Waals surface area contributed by atoms with Crippen molar-refractivity contribution in [3.05, 3.63) is 32.8 Å². The number of nitrogens with one attached hydrogen (secondary N) is 2. The van der Waals surface area contributed by atoms with E-state index in [0.717, 1.165) is 18.4 Å². The van der Waals surface area contributed by atoms with Gasteiger partial charge in [-0.25, -0.2) is 9.59 Å². The predicted octanol–water partition coefficient (Wildman–Crippen LogP) is 3.98. The second-order valence-corrected chi connectivity index (χ2v) is 7.66. The highest BCUT2D eigenvalue weighted by Crippen LogP contribution is 2.34. The van der Waals surface area contributed by atoms with E-state index < -0.39 is 28.6 Å². The molecule has 0 aliphatic heterocycles. The molecule has 9 nitrogen and oxygen atoms in total. The van der Waals surface area contributed by atoms with Crippen molar-refractivity contribution in [1.82, 2.24) is 5.32 Å². The number of halogens is 1. The number of hydrogen-bond acceptors (Lipinski definition) is 6. The van der Waals surface area contributed by atoms with Crippen LogP contribution in [0.1, 0.15) is 46.1 Å². The molecule has 0 aromatic heterocycles. The number of unbranched alkanes of at least 4 members (excludes halogenated alkanes) is 1. The van der Waals surface area contributed by atoms with Gasteiger partial charge in [-0.3, -0.25) is 10.1 Å². The maximum absolute atomic E-state index is 11.8. The first-order valence-electron chi connectivity index (χ1n) is 8.87. The van der Waals surface area contributed by atoms with Crippen LogP contribution in [0.15, 0.2) is 12.1 Å². The van der Waals surface area contributed by atoms with E-state index in [1.54, 1.807) is 26.8 Å². The van der Waals surface area contributed by atoms with Crippen LogP contribution >= 0.6 is 11.6 Å². The molecule has 0 spiro atoms. The van der Waals surface area contributed by atoms with Crippen molar-refractivity contribution in [2.45, 2.75) is 58.6 Å². The summed E-state index contributed by atoms with van der Waals surface area (Å²) in [5.74, 6) is -1.31. The zero-order valence-electron chi connectivity index (χ0n) is 16.4. The number of amides is 1. The van der Waals surface area contributed by atoms with Crippen LogP contribution in [-0.4, -0.2) is 40.3 Å². The Morgan fingerprint density at radius 1 is 1.36 bits per heavy atom. The molecule has 0 aliphatic rings. The number of aryl methyl sites for hydroxylation is 1. The van der Waals surface area contributed by atoms with Crippen LogP contribution in [0.2, 0.25) is 5.02 Å². The van der Waals surface area contributed by atoms with Crippen molar-refractivity contribution in [2.75, 3.05) is 11.9 Å². The summed E-state index contributed by atoms with van der Waals surface area (Å²) >= 11 is 6.06. The SMILES string of the molecule is CCCCc1cc(Cl)c([N+](=O)[O-])c(NCC(NC(=O)OC(C)(C)C)C(=O)O)c1. The lowest BCUT2D eigenvalue weighted by Crippen LogP contribution is -2.47. The van der Waals surface area contributed by atoms with Crippen molar-refractivity contribution >= 4 is 35.0 Å². The van der Waals surface area contributed by atoms with E-state index in [1.165, 1.54) is 6.07 Å². The average Bonchev–Trinajstić information content (AvgIpc) is 2.53. The van der Waals surface area contributed by atoms with Gasteiger partial charge in [0, 0.05) is 6.54 Å². The minimum Gasteiger partial charge on any atom is -0.480 e. The largest absolute Gasteiger partial charge is 0.480 e. The van der Waals surface area contributed by atoms with Crippen molar-refractivity contribution in [3.63, 3.8) is 0 Å². The number of carboxylic acids is 1. The number of nitro groups is 1. The van der Waals surface area contributed by atoms with Crippen LogP contribution in [0.4, 0.5) is 16.2 Å². The molecule has 1 aromatic rings. The van der Waals surface area contributed by atoms with Crippen molar-refractivity contribution in [2.24, 2.45) is 0 Å². The van der Waals surface area contributed by atoms with Crippen molar-refractivity contribution in [3.8, 4) is 0 Å². The second kappa shape index (κ2) is 10.1. The summed E-state index contributed by atoms with van der Waals surface area (Å²) in [4.78, 5) is 34.0. The maximum atomic E-state index is 11.8. The number of carbonyl (C=O) groups is 2. The van der Waals surface area contributed by atoms with Crippen LogP contribution < -0.4 is 10.6 Å². The van der Waals surface area contributed by atoms with Crippen LogP contribution in [0.25, 0.3) is 0 Å². The fourth-order valence-electron chi connectivity index (χ4n) is 2.36. The lowest BCUT2D eigenvalue weighted by molar-refractivity contribution is -0.383. The van der Waals surface area contributed by atoms with Gasteiger partial charge < -0.3 is 20.5 Å². The normalized spacial score (nSPS) is 12.2. The fraction of sp³-hybridized carbons (Fsp3) is 0.556. The number of ether oxygens (including phenoxy) is 1. The molecule has 1 rings (SSSR count). The smallest absolute Gasteiger partial charge is 0.408 e. The third-order valence-corrected chi connectivity index (χ3v) is 3.90. The summed E-state index contributed by atoms with van der Waals surface area (Å²) in [5.41, 5.74) is -0.239. The lowest BCUT2D eigenvalue weighted by Gasteiger charge is -2.22. The third kappa shape index (κ3) is 7.59. The summed E-state index contributed by atoms with van der Waals surface area (Å²) in [7, 11) is 0. The Bertz CT molecular complexity index is 733. The Hall–Kier alpha value is -2.55. The first-order chi connectivity index (χ1) is 12.9. The zero-order chi connectivity index (χ0) is 21.5. The number of anilines is 1. The van der Waals surface area contributed by atoms with Crippen LogP contribution in [-0.2, 0) is 16.0 Å². The summed E-state index contributed by atoms with van der Waals surface area (Å²) in [5, 5.41) is 25.6. The van der Waals surface area contributed by atoms with Gasteiger partial charge in [0.25, 0.3) is 0 Å². The third-order valence-electron chi connectivity index (χ3n) is 3.61. The summed E-state index contributed by atoms with van der Waals surface area (Å²) in [6.45, 7) is 6.67. The van der Waals surface area contributed by atoms with E-state index in [1.807, 2.05) is 6.92 Å². The van der Waals surface area contributed by atoms with E-state index in [0.29, 0.717) is 6.42 Å². The molecule has 3 N–H and O–H groups in total. The number of benzene rings is 1. The molecule has 28 heavy (non-hydrogen) atoms. The quantitative estimate of drug-likeness (QED) is 0.410. The Morgan fingerprint density at radius 2 is 2.00 bits per heavy atom. The summed E-state index contributed by atoms with van der Waals surface area (Å²) in [6.07, 6.45) is 1.61. The monoisotopic (exact) mass is 415 g/mol. The minimum atomic E-state index is -1.35. The first-order valence-corrected chi connectivity index (χ1v) is 9.25. The highest BCUT2D eigenvalue weighted by atomic mass is 35.5. The molecule has 1 aromatic carbocycles. The molecule has 0 fully saturated rings. The van der Waals surface area contributed by atoms with Crippen LogP contribution in [0.5, 0.6) is 0 Å². The zero-order valence-corrected chi connectivity index (χ0v) is 17.1. The molecule has 0 heterocycles. The Morgan fingerprint density at radius 3 is 2.50 bits per heavy atom. The Labute approximate surface area is 168 Å². The Kier molecular flexibility index (Phi) is 8.49. The first kappa shape index (κ1) is 23.5. The average molecular weight is 416 g/mol. The van der Waals surface area contributed by atoms with Crippen molar-refractivity contribution in [1.29, 1.82) is 0 Å². The van der Waals surface area contributed by atoms with Crippen molar-refractivity contribution < 1.29 is 24.4 Å². The number of alkyl carbamates (subject to hydrolysis) is 1. The van der Waals surface area contributed by atoms with Gasteiger partial charge in [0.15, 0.2) is 0 Å². The molecule has 0 bridgehead atoms. The van der Waals surface area contributed by atoms with Crippen LogP contribution in [0, 0.1) is 10.1 Å². The van der Waals surface area contributed by atoms with E-state index in [4.69, 9.17) is 16.3 Å². The molecule has 1 atom stereocenters. The molecule has 0 aliphatic carbocycles. The second-order valence-electron chi connectivity index (χ2n) is 7.25. The molecule has 0 saturated heterocycles. The number of nitro benzene ring substituents is 1. The lowest BCUT2D eigenvalue weighted by atomic mass is 10.1.